The van der Waals surface area contributed by atoms with E-state index in [4.69, 9.17) is 4.74 Å². The van der Waals surface area contributed by atoms with Crippen LogP contribution in [0.5, 0.6) is 0 Å². The lowest BCUT2D eigenvalue weighted by atomic mass is 9.97. The highest BCUT2D eigenvalue weighted by molar-refractivity contribution is 7.18. The van der Waals surface area contributed by atoms with E-state index in [1.807, 2.05) is 0 Å². The van der Waals surface area contributed by atoms with E-state index in [1.54, 1.807) is 11.3 Å². The van der Waals surface area contributed by atoms with Gasteiger partial charge in [-0.1, -0.05) is 0 Å². The number of likely N-dealkylation sites (N-methyl/N-ethyl adjacent to an activating group) is 2. The summed E-state index contributed by atoms with van der Waals surface area (Å²) >= 11 is 1.56. The number of carbonyl (C=O) groups is 3. The van der Waals surface area contributed by atoms with Crippen molar-refractivity contribution in [1.29, 1.82) is 0 Å². The third kappa shape index (κ3) is 5.00. The van der Waals surface area contributed by atoms with Crippen molar-refractivity contribution in [2.24, 2.45) is 0 Å². The second-order valence-electron chi connectivity index (χ2n) is 6.99. The van der Waals surface area contributed by atoms with Gasteiger partial charge in [0.05, 0.1) is 18.4 Å². The van der Waals surface area contributed by atoms with Crippen LogP contribution in [0.1, 0.15) is 35.5 Å². The van der Waals surface area contributed by atoms with E-state index < -0.39 is 18.5 Å². The van der Waals surface area contributed by atoms with E-state index in [1.165, 1.54) is 23.9 Å². The van der Waals surface area contributed by atoms with Crippen LogP contribution in [-0.2, 0) is 38.4 Å². The van der Waals surface area contributed by atoms with Gasteiger partial charge in [-0.15, -0.1) is 11.3 Å². The monoisotopic (exact) mass is 420 g/mol. The minimum absolute atomic E-state index is 0.00796. The molecule has 156 valence electrons. The summed E-state index contributed by atoms with van der Waals surface area (Å²) in [6.45, 7) is -0.546. The molecule has 0 spiro atoms. The van der Waals surface area contributed by atoms with Gasteiger partial charge in [0.25, 0.3) is 11.5 Å². The number of hydrogen-bond donors (Lipinski definition) is 2. The molecule has 1 aliphatic rings. The molecule has 0 radical (unpaired) electrons. The van der Waals surface area contributed by atoms with Crippen LogP contribution in [0.25, 0.3) is 10.2 Å². The zero-order valence-corrected chi connectivity index (χ0v) is 17.3. The molecule has 2 amide bonds. The fourth-order valence-corrected chi connectivity index (χ4v) is 4.54. The van der Waals surface area contributed by atoms with Crippen LogP contribution >= 0.6 is 11.3 Å². The second kappa shape index (κ2) is 9.17. The van der Waals surface area contributed by atoms with Crippen LogP contribution in [0.2, 0.25) is 0 Å². The standard InChI is InChI=1S/C19H24N4O5S/c1-20-14(24)9-23(2)15(25)10-28-16(26)8-7-13-21-18(27)17-11-5-3-4-6-12(11)29-19(17)22-13/h3-10H2,1-2H3,(H,20,24)(H,21,22,27). The highest BCUT2D eigenvalue weighted by Crippen LogP contribution is 2.33. The van der Waals surface area contributed by atoms with Crippen molar-refractivity contribution >= 4 is 39.3 Å². The van der Waals surface area contributed by atoms with Crippen molar-refractivity contribution < 1.29 is 19.1 Å². The molecule has 0 saturated carbocycles. The summed E-state index contributed by atoms with van der Waals surface area (Å²) in [6.07, 6.45) is 4.32. The first-order valence-electron chi connectivity index (χ1n) is 9.52. The van der Waals surface area contributed by atoms with Crippen molar-refractivity contribution in [3.63, 3.8) is 0 Å². The fraction of sp³-hybridized carbons (Fsp3) is 0.526. The predicted octanol–water partition coefficient (Wildman–Crippen LogP) is 0.544. The molecule has 2 aromatic heterocycles. The van der Waals surface area contributed by atoms with E-state index in [2.05, 4.69) is 15.3 Å². The topological polar surface area (TPSA) is 121 Å². The van der Waals surface area contributed by atoms with Crippen molar-refractivity contribution in [3.05, 3.63) is 26.6 Å². The number of aromatic nitrogens is 2. The summed E-state index contributed by atoms with van der Waals surface area (Å²) in [5.41, 5.74) is 0.958. The maximum absolute atomic E-state index is 12.5. The molecule has 2 N–H and O–H groups in total. The lowest BCUT2D eigenvalue weighted by molar-refractivity contribution is -0.151. The third-order valence-corrected chi connectivity index (χ3v) is 6.07. The predicted molar refractivity (Wildman–Crippen MR) is 108 cm³/mol. The first kappa shape index (κ1) is 21.0. The number of carbonyl (C=O) groups excluding carboxylic acids is 3. The Morgan fingerprint density at radius 3 is 2.79 bits per heavy atom. The zero-order valence-electron chi connectivity index (χ0n) is 16.5. The number of thiophene rings is 1. The normalized spacial score (nSPS) is 13.0. The molecule has 1 aliphatic carbocycles. The number of esters is 1. The molecule has 0 atom stereocenters. The SMILES string of the molecule is CNC(=O)CN(C)C(=O)COC(=O)CCc1nc2sc3c(c2c(=O)[nH]1)CCCC3. The van der Waals surface area contributed by atoms with Gasteiger partial charge in [-0.3, -0.25) is 19.2 Å². The summed E-state index contributed by atoms with van der Waals surface area (Å²) in [5, 5.41) is 3.09. The Morgan fingerprint density at radius 2 is 2.03 bits per heavy atom. The van der Waals surface area contributed by atoms with Gasteiger partial charge in [0.1, 0.15) is 10.7 Å². The van der Waals surface area contributed by atoms with Gasteiger partial charge in [0.15, 0.2) is 6.61 Å². The quantitative estimate of drug-likeness (QED) is 0.631. The highest BCUT2D eigenvalue weighted by Gasteiger charge is 2.20. The molecule has 0 fully saturated rings. The number of rotatable bonds is 7. The smallest absolute Gasteiger partial charge is 0.306 e. The summed E-state index contributed by atoms with van der Waals surface area (Å²) in [4.78, 5) is 58.0. The number of aryl methyl sites for hydroxylation is 3. The molecular formula is C19H24N4O5S. The average molecular weight is 420 g/mol. The summed E-state index contributed by atoms with van der Waals surface area (Å²) in [7, 11) is 2.93. The molecule has 0 saturated heterocycles. The molecule has 2 heterocycles. The van der Waals surface area contributed by atoms with Gasteiger partial charge in [-0.05, 0) is 31.2 Å². The number of fused-ring (bicyclic) bond motifs is 3. The molecule has 10 heteroatoms. The van der Waals surface area contributed by atoms with Gasteiger partial charge in [-0.2, -0.15) is 0 Å². The maximum atomic E-state index is 12.5. The van der Waals surface area contributed by atoms with Crippen LogP contribution in [0.3, 0.4) is 0 Å². The number of hydrogen-bond acceptors (Lipinski definition) is 7. The van der Waals surface area contributed by atoms with E-state index in [0.29, 0.717) is 11.2 Å². The second-order valence-corrected chi connectivity index (χ2v) is 8.07. The zero-order chi connectivity index (χ0) is 21.0. The Bertz CT molecular complexity index is 996. The molecule has 2 aromatic rings. The first-order chi connectivity index (χ1) is 13.9. The lowest BCUT2D eigenvalue weighted by Gasteiger charge is -2.15. The summed E-state index contributed by atoms with van der Waals surface area (Å²) in [5.74, 6) is -0.923. The summed E-state index contributed by atoms with van der Waals surface area (Å²) in [6, 6.07) is 0. The Balaban J connectivity index is 1.55. The maximum Gasteiger partial charge on any atom is 0.306 e. The number of ether oxygens (including phenoxy) is 1. The number of nitrogens with zero attached hydrogens (tertiary/aromatic N) is 2. The highest BCUT2D eigenvalue weighted by atomic mass is 32.1. The minimum atomic E-state index is -0.570. The number of H-pyrrole nitrogens is 1. The lowest BCUT2D eigenvalue weighted by Crippen LogP contribution is -2.39. The summed E-state index contributed by atoms with van der Waals surface area (Å²) < 4.78 is 4.97. The van der Waals surface area contributed by atoms with E-state index >= 15 is 0 Å². The van der Waals surface area contributed by atoms with E-state index in [9.17, 15) is 19.2 Å². The van der Waals surface area contributed by atoms with Gasteiger partial charge in [-0.25, -0.2) is 4.98 Å². The molecule has 0 aromatic carbocycles. The largest absolute Gasteiger partial charge is 0.456 e. The van der Waals surface area contributed by atoms with E-state index in [0.717, 1.165) is 36.1 Å². The number of amides is 2. The van der Waals surface area contributed by atoms with Crippen molar-refractivity contribution in [3.8, 4) is 0 Å². The van der Waals surface area contributed by atoms with E-state index in [-0.39, 0.29) is 30.9 Å². The Morgan fingerprint density at radius 1 is 1.28 bits per heavy atom. The molecule has 3 rings (SSSR count). The van der Waals surface area contributed by atoms with Crippen LogP contribution < -0.4 is 10.9 Å². The Kier molecular flexibility index (Phi) is 6.63. The molecule has 0 bridgehead atoms. The minimum Gasteiger partial charge on any atom is -0.456 e. The van der Waals surface area contributed by atoms with Crippen LogP contribution in [0.15, 0.2) is 4.79 Å². The number of aromatic amines is 1. The average Bonchev–Trinajstić information content (AvgIpc) is 3.09. The van der Waals surface area contributed by atoms with Crippen LogP contribution in [0, 0.1) is 0 Å². The molecule has 9 nitrogen and oxygen atoms in total. The Labute approximate surface area is 171 Å². The van der Waals surface area contributed by atoms with Crippen molar-refractivity contribution in [1.82, 2.24) is 20.2 Å². The molecule has 29 heavy (non-hydrogen) atoms. The van der Waals surface area contributed by atoms with Gasteiger partial charge in [0, 0.05) is 25.4 Å². The van der Waals surface area contributed by atoms with Crippen LogP contribution in [0.4, 0.5) is 0 Å². The first-order valence-corrected chi connectivity index (χ1v) is 10.3. The molecule has 0 unspecified atom stereocenters. The van der Waals surface area contributed by atoms with Gasteiger partial charge >= 0.3 is 5.97 Å². The van der Waals surface area contributed by atoms with Crippen molar-refractivity contribution in [2.75, 3.05) is 27.2 Å². The Hall–Kier alpha value is -2.75. The third-order valence-electron chi connectivity index (χ3n) is 4.88. The van der Waals surface area contributed by atoms with Gasteiger partial charge in [0.2, 0.25) is 5.91 Å². The van der Waals surface area contributed by atoms with Crippen molar-refractivity contribution in [2.45, 2.75) is 38.5 Å². The number of nitrogens with one attached hydrogen (secondary N) is 2. The molecular weight excluding hydrogens is 396 g/mol. The fourth-order valence-electron chi connectivity index (χ4n) is 3.25. The molecule has 0 aliphatic heterocycles. The van der Waals surface area contributed by atoms with Crippen LogP contribution in [-0.4, -0.2) is 59.9 Å². The van der Waals surface area contributed by atoms with Gasteiger partial charge < -0.3 is 19.9 Å².